The van der Waals surface area contributed by atoms with E-state index in [9.17, 15) is 14.4 Å². The second-order valence-electron chi connectivity index (χ2n) is 4.26. The topological polar surface area (TPSA) is 111 Å². The molecule has 0 aromatic carbocycles. The predicted octanol–water partition coefficient (Wildman–Crippen LogP) is 0.733. The van der Waals surface area contributed by atoms with Gasteiger partial charge >= 0.3 is 7.60 Å². The summed E-state index contributed by atoms with van der Waals surface area (Å²) >= 11 is 0. The van der Waals surface area contributed by atoms with E-state index in [-0.39, 0.29) is 11.9 Å². The normalized spacial score (nSPS) is 11.4. The quantitative estimate of drug-likeness (QED) is 0.476. The minimum absolute atomic E-state index is 0.202. The van der Waals surface area contributed by atoms with E-state index in [0.717, 1.165) is 12.8 Å². The smallest absolute Gasteiger partial charge is 0.354 e. The highest BCUT2D eigenvalue weighted by atomic mass is 31.2. The number of anilines is 2. The van der Waals surface area contributed by atoms with Gasteiger partial charge in [-0.25, -0.2) is 0 Å². The van der Waals surface area contributed by atoms with Crippen LogP contribution in [0.3, 0.4) is 0 Å². The van der Waals surface area contributed by atoms with E-state index in [4.69, 9.17) is 0 Å². The van der Waals surface area contributed by atoms with Crippen molar-refractivity contribution in [2.75, 3.05) is 29.9 Å². The van der Waals surface area contributed by atoms with Gasteiger partial charge in [-0.15, -0.1) is 0 Å². The molecule has 0 saturated carbocycles. The first-order valence-corrected chi connectivity index (χ1v) is 8.34. The molecule has 8 nitrogen and oxygen atoms in total. The zero-order valence-corrected chi connectivity index (χ0v) is 13.0. The van der Waals surface area contributed by atoms with Crippen LogP contribution in [0.5, 0.6) is 0 Å². The van der Waals surface area contributed by atoms with E-state index < -0.39 is 13.2 Å². The Hall–Kier alpha value is -1.24. The summed E-state index contributed by atoms with van der Waals surface area (Å²) in [6.07, 6.45) is 1.93. The summed E-state index contributed by atoms with van der Waals surface area (Å²) in [5.41, 5.74) is -0.492. The first-order valence-electron chi connectivity index (χ1n) is 6.73. The molecule has 0 fully saturated rings. The van der Waals surface area contributed by atoms with Crippen molar-refractivity contribution in [1.29, 1.82) is 0 Å². The molecule has 0 aliphatic carbocycles. The highest BCUT2D eigenvalue weighted by molar-refractivity contribution is 7.59. The molecule has 0 aliphatic rings. The van der Waals surface area contributed by atoms with Crippen LogP contribution in [-0.4, -0.2) is 44.4 Å². The number of aromatic nitrogens is 3. The Morgan fingerprint density at radius 2 is 1.80 bits per heavy atom. The highest BCUT2D eigenvalue weighted by Gasteiger charge is 2.24. The van der Waals surface area contributed by atoms with E-state index >= 15 is 0 Å². The molecular weight excluding hydrogens is 281 g/mol. The lowest BCUT2D eigenvalue weighted by molar-refractivity contribution is 0.385. The van der Waals surface area contributed by atoms with Gasteiger partial charge < -0.3 is 20.0 Å². The monoisotopic (exact) mass is 303 g/mol. The molecule has 20 heavy (non-hydrogen) atoms. The molecule has 0 bridgehead atoms. The van der Waals surface area contributed by atoms with Gasteiger partial charge in [0.25, 0.3) is 0 Å². The van der Waals surface area contributed by atoms with Crippen LogP contribution < -0.4 is 15.8 Å². The van der Waals surface area contributed by atoms with Crippen LogP contribution in [0, 0.1) is 0 Å². The van der Waals surface area contributed by atoms with Gasteiger partial charge in [0, 0.05) is 19.6 Å². The van der Waals surface area contributed by atoms with E-state index in [1.54, 1.807) is 0 Å². The number of rotatable bonds is 8. The van der Waals surface area contributed by atoms with E-state index in [1.165, 1.54) is 0 Å². The molecule has 0 spiro atoms. The van der Waals surface area contributed by atoms with Gasteiger partial charge in [-0.3, -0.25) is 4.57 Å². The fraction of sp³-hybridized carbons (Fsp3) is 0.727. The maximum atomic E-state index is 11.4. The maximum Gasteiger partial charge on any atom is 0.393 e. The summed E-state index contributed by atoms with van der Waals surface area (Å²) in [5.74, 6) is 0.482. The highest BCUT2D eigenvalue weighted by Crippen LogP contribution is 2.31. The van der Waals surface area contributed by atoms with Crippen LogP contribution in [0.4, 0.5) is 11.9 Å². The van der Waals surface area contributed by atoms with Crippen molar-refractivity contribution in [1.82, 2.24) is 15.0 Å². The molecule has 1 heterocycles. The molecule has 114 valence electrons. The summed E-state index contributed by atoms with van der Waals surface area (Å²) in [6, 6.07) is 0. The second-order valence-corrected chi connectivity index (χ2v) is 5.74. The molecule has 1 rings (SSSR count). The van der Waals surface area contributed by atoms with E-state index in [1.807, 2.05) is 18.7 Å². The standard InChI is InChI=1S/C11H22N5O3P/c1-4-7-8-12-9-13-10(16(5-2)6-3)15-11(14-9)20(17,18)19/h4-8H2,1-3H3,(H2,17,18,19)(H,12,13,14,15). The van der Waals surface area contributed by atoms with Crippen molar-refractivity contribution in [2.45, 2.75) is 33.6 Å². The molecule has 0 amide bonds. The zero-order valence-electron chi connectivity index (χ0n) is 12.1. The largest absolute Gasteiger partial charge is 0.393 e. The van der Waals surface area contributed by atoms with Crippen molar-refractivity contribution >= 4 is 25.1 Å². The van der Waals surface area contributed by atoms with Crippen LogP contribution in [0.15, 0.2) is 0 Å². The predicted molar refractivity (Wildman–Crippen MR) is 78.5 cm³/mol. The third-order valence-electron chi connectivity index (χ3n) is 2.73. The van der Waals surface area contributed by atoms with E-state index in [0.29, 0.717) is 19.6 Å². The molecule has 9 heteroatoms. The Labute approximate surface area is 118 Å². The molecule has 0 saturated heterocycles. The Bertz CT molecular complexity index is 475. The van der Waals surface area contributed by atoms with E-state index in [2.05, 4.69) is 27.2 Å². The molecule has 3 N–H and O–H groups in total. The third-order valence-corrected chi connectivity index (χ3v) is 3.45. The third kappa shape index (κ3) is 4.70. The number of hydrogen-bond acceptors (Lipinski definition) is 6. The average molecular weight is 303 g/mol. The minimum Gasteiger partial charge on any atom is -0.354 e. The molecular formula is C11H22N5O3P. The van der Waals surface area contributed by atoms with Gasteiger partial charge in [0.15, 0.2) is 0 Å². The molecule has 0 aliphatic heterocycles. The first-order chi connectivity index (χ1) is 9.42. The molecule has 0 radical (unpaired) electrons. The summed E-state index contributed by atoms with van der Waals surface area (Å²) in [4.78, 5) is 32.2. The fourth-order valence-corrected chi connectivity index (χ4v) is 2.03. The number of hydrogen-bond donors (Lipinski definition) is 3. The molecule has 1 aromatic rings. The Morgan fingerprint density at radius 3 is 2.30 bits per heavy atom. The SMILES string of the molecule is CCCCNc1nc(N(CC)CC)nc(P(=O)(O)O)n1. The van der Waals surface area contributed by atoms with Crippen molar-refractivity contribution in [3.05, 3.63) is 0 Å². The lowest BCUT2D eigenvalue weighted by Gasteiger charge is -2.19. The van der Waals surface area contributed by atoms with Crippen LogP contribution >= 0.6 is 7.60 Å². The number of unbranched alkanes of at least 4 members (excludes halogenated alkanes) is 1. The van der Waals surface area contributed by atoms with Crippen LogP contribution in [0.25, 0.3) is 0 Å². The minimum atomic E-state index is -4.50. The van der Waals surface area contributed by atoms with Gasteiger partial charge in [0.1, 0.15) is 0 Å². The summed E-state index contributed by atoms with van der Waals surface area (Å²) in [5, 5.41) is 2.97. The second kappa shape index (κ2) is 7.52. The van der Waals surface area contributed by atoms with Crippen molar-refractivity contribution in [3.63, 3.8) is 0 Å². The van der Waals surface area contributed by atoms with Crippen LogP contribution in [0.2, 0.25) is 0 Å². The fourth-order valence-electron chi connectivity index (χ4n) is 1.59. The van der Waals surface area contributed by atoms with Crippen LogP contribution in [-0.2, 0) is 4.57 Å². The summed E-state index contributed by atoms with van der Waals surface area (Å²) in [7, 11) is -4.50. The van der Waals surface area contributed by atoms with Gasteiger partial charge in [-0.1, -0.05) is 13.3 Å². The molecule has 0 atom stereocenters. The lowest BCUT2D eigenvalue weighted by atomic mass is 10.3. The zero-order chi connectivity index (χ0) is 15.2. The first kappa shape index (κ1) is 16.8. The van der Waals surface area contributed by atoms with Gasteiger partial charge in [-0.2, -0.15) is 15.0 Å². The van der Waals surface area contributed by atoms with Crippen molar-refractivity contribution in [2.24, 2.45) is 0 Å². The van der Waals surface area contributed by atoms with Crippen molar-refractivity contribution in [3.8, 4) is 0 Å². The van der Waals surface area contributed by atoms with Gasteiger partial charge in [0.05, 0.1) is 0 Å². The lowest BCUT2D eigenvalue weighted by Crippen LogP contribution is -2.29. The summed E-state index contributed by atoms with van der Waals surface area (Å²) < 4.78 is 11.4. The number of nitrogens with one attached hydrogen (secondary N) is 1. The summed E-state index contributed by atoms with van der Waals surface area (Å²) in [6.45, 7) is 7.85. The Kier molecular flexibility index (Phi) is 6.32. The van der Waals surface area contributed by atoms with Gasteiger partial charge in [-0.05, 0) is 20.3 Å². The maximum absolute atomic E-state index is 11.4. The average Bonchev–Trinajstić information content (AvgIpc) is 2.39. The number of nitrogens with zero attached hydrogens (tertiary/aromatic N) is 4. The van der Waals surface area contributed by atoms with Gasteiger partial charge in [0.2, 0.25) is 17.5 Å². The molecule has 0 unspecified atom stereocenters. The Balaban J connectivity index is 3.11. The Morgan fingerprint density at radius 1 is 1.15 bits per heavy atom. The van der Waals surface area contributed by atoms with Crippen LogP contribution in [0.1, 0.15) is 33.6 Å². The van der Waals surface area contributed by atoms with Crippen molar-refractivity contribution < 1.29 is 14.4 Å². The molecule has 1 aromatic heterocycles.